The van der Waals surface area contributed by atoms with Gasteiger partial charge in [-0.15, -0.1) is 0 Å². The average molecular weight is 467 g/mol. The molecule has 0 bridgehead atoms. The van der Waals surface area contributed by atoms with Crippen LogP contribution in [0.15, 0.2) is 41.3 Å². The van der Waals surface area contributed by atoms with Gasteiger partial charge in [-0.3, -0.25) is 19.8 Å². The molecule has 2 aromatic carbocycles. The first kappa shape index (κ1) is 23.1. The Kier molecular flexibility index (Phi) is 6.95. The van der Waals surface area contributed by atoms with Gasteiger partial charge in [-0.1, -0.05) is 23.7 Å². The van der Waals surface area contributed by atoms with Crippen LogP contribution in [0.5, 0.6) is 0 Å². The summed E-state index contributed by atoms with van der Waals surface area (Å²) >= 11 is 6.05. The molecule has 9 nitrogen and oxygen atoms in total. The first-order valence-electron chi connectivity index (χ1n) is 9.62. The first-order valence-corrected chi connectivity index (χ1v) is 11.4. The van der Waals surface area contributed by atoms with Gasteiger partial charge in [-0.2, -0.15) is 4.31 Å². The number of nitrogens with one attached hydrogen (secondary N) is 1. The zero-order chi connectivity index (χ0) is 22.8. The van der Waals surface area contributed by atoms with Crippen LogP contribution in [0.1, 0.15) is 11.1 Å². The van der Waals surface area contributed by atoms with Crippen LogP contribution in [0, 0.1) is 24.0 Å². The van der Waals surface area contributed by atoms with E-state index < -0.39 is 14.9 Å². The van der Waals surface area contributed by atoms with Crippen molar-refractivity contribution in [2.75, 3.05) is 38.0 Å². The number of rotatable bonds is 6. The second kappa shape index (κ2) is 9.31. The van der Waals surface area contributed by atoms with Crippen molar-refractivity contribution in [3.8, 4) is 0 Å². The third kappa shape index (κ3) is 5.21. The number of nitrogens with zero attached hydrogens (tertiary/aromatic N) is 3. The van der Waals surface area contributed by atoms with Crippen LogP contribution < -0.4 is 5.32 Å². The minimum Gasteiger partial charge on any atom is -0.324 e. The molecule has 1 N–H and O–H groups in total. The Bertz CT molecular complexity index is 1110. The van der Waals surface area contributed by atoms with Gasteiger partial charge in [0.05, 0.1) is 27.1 Å². The molecule has 2 aromatic rings. The summed E-state index contributed by atoms with van der Waals surface area (Å²) in [7, 11) is -3.89. The predicted octanol–water partition coefficient (Wildman–Crippen LogP) is 2.81. The maximum atomic E-state index is 13.1. The second-order valence-corrected chi connectivity index (χ2v) is 9.66. The summed E-state index contributed by atoms with van der Waals surface area (Å²) in [5, 5.41) is 14.3. The van der Waals surface area contributed by atoms with Crippen molar-refractivity contribution in [2.24, 2.45) is 0 Å². The number of aryl methyl sites for hydroxylation is 1. The number of piperazine rings is 1. The van der Waals surface area contributed by atoms with Gasteiger partial charge in [-0.25, -0.2) is 8.42 Å². The van der Waals surface area contributed by atoms with Crippen molar-refractivity contribution < 1.29 is 18.1 Å². The normalized spacial score (nSPS) is 15.6. The monoisotopic (exact) mass is 466 g/mol. The number of hydrogen-bond acceptors (Lipinski definition) is 6. The van der Waals surface area contributed by atoms with Crippen LogP contribution >= 0.6 is 11.6 Å². The number of hydrogen-bond donors (Lipinski definition) is 1. The third-order valence-electron chi connectivity index (χ3n) is 5.28. The Morgan fingerprint density at radius 1 is 1.16 bits per heavy atom. The maximum absolute atomic E-state index is 13.1. The SMILES string of the molecule is Cc1cc([N+](=O)[O-])cc(S(=O)(=O)N2CCN(CC(=O)Nc3ccccc3Cl)CC2)c1C. The fourth-order valence-electron chi connectivity index (χ4n) is 3.40. The fraction of sp³-hybridized carbons (Fsp3) is 0.350. The molecule has 166 valence electrons. The summed E-state index contributed by atoms with van der Waals surface area (Å²) < 4.78 is 27.6. The standard InChI is InChI=1S/C20H23ClN4O5S/c1-14-11-16(25(27)28)12-19(15(14)2)31(29,30)24-9-7-23(8-10-24)13-20(26)22-18-6-4-3-5-17(18)21/h3-6,11-12H,7-10,13H2,1-2H3,(H,22,26). The van der Waals surface area contributed by atoms with Gasteiger partial charge in [0.2, 0.25) is 15.9 Å². The summed E-state index contributed by atoms with van der Waals surface area (Å²) in [5.41, 5.74) is 1.30. The molecule has 1 heterocycles. The van der Waals surface area contributed by atoms with Gasteiger partial charge in [-0.05, 0) is 37.1 Å². The lowest BCUT2D eigenvalue weighted by atomic mass is 10.1. The lowest BCUT2D eigenvalue weighted by molar-refractivity contribution is -0.385. The third-order valence-corrected chi connectivity index (χ3v) is 7.63. The Morgan fingerprint density at radius 3 is 2.42 bits per heavy atom. The van der Waals surface area contributed by atoms with E-state index in [-0.39, 0.29) is 36.1 Å². The summed E-state index contributed by atoms with van der Waals surface area (Å²) in [6.07, 6.45) is 0. The maximum Gasteiger partial charge on any atom is 0.271 e. The zero-order valence-corrected chi connectivity index (χ0v) is 18.7. The van der Waals surface area contributed by atoms with E-state index >= 15 is 0 Å². The van der Waals surface area contributed by atoms with Gasteiger partial charge in [0.15, 0.2) is 0 Å². The molecule has 0 unspecified atom stereocenters. The highest BCUT2D eigenvalue weighted by Crippen LogP contribution is 2.28. The number of non-ortho nitro benzene ring substituents is 1. The summed E-state index contributed by atoms with van der Waals surface area (Å²) in [4.78, 5) is 24.7. The van der Waals surface area contributed by atoms with Gasteiger partial charge < -0.3 is 5.32 Å². The number of nitro benzene ring substituents is 1. The number of carbonyl (C=O) groups is 1. The van der Waals surface area contributed by atoms with Gasteiger partial charge in [0.25, 0.3) is 5.69 Å². The second-order valence-electron chi connectivity index (χ2n) is 7.35. The van der Waals surface area contributed by atoms with Crippen LogP contribution in [-0.2, 0) is 14.8 Å². The van der Waals surface area contributed by atoms with E-state index in [1.165, 1.54) is 10.4 Å². The molecule has 1 saturated heterocycles. The molecule has 0 saturated carbocycles. The minimum absolute atomic E-state index is 0.0517. The van der Waals surface area contributed by atoms with Crippen molar-refractivity contribution in [3.63, 3.8) is 0 Å². The molecule has 1 aliphatic heterocycles. The molecular weight excluding hydrogens is 444 g/mol. The highest BCUT2D eigenvalue weighted by atomic mass is 35.5. The molecule has 1 fully saturated rings. The number of para-hydroxylation sites is 1. The van der Waals surface area contributed by atoms with E-state index in [1.807, 2.05) is 4.90 Å². The van der Waals surface area contributed by atoms with Crippen LogP contribution in [-0.4, -0.2) is 61.2 Å². The summed E-state index contributed by atoms with van der Waals surface area (Å²) in [6.45, 7) is 4.49. The highest BCUT2D eigenvalue weighted by Gasteiger charge is 2.32. The molecule has 3 rings (SSSR count). The Balaban J connectivity index is 1.66. The summed E-state index contributed by atoms with van der Waals surface area (Å²) in [5.74, 6) is -0.241. The number of anilines is 1. The van der Waals surface area contributed by atoms with Crippen LogP contribution in [0.4, 0.5) is 11.4 Å². The van der Waals surface area contributed by atoms with E-state index in [0.29, 0.717) is 34.9 Å². The van der Waals surface area contributed by atoms with E-state index in [2.05, 4.69) is 5.32 Å². The van der Waals surface area contributed by atoms with Crippen molar-refractivity contribution >= 4 is 38.9 Å². The smallest absolute Gasteiger partial charge is 0.271 e. The quantitative estimate of drug-likeness (QED) is 0.517. The average Bonchev–Trinajstić information content (AvgIpc) is 2.71. The van der Waals surface area contributed by atoms with Gasteiger partial charge in [0.1, 0.15) is 0 Å². The predicted molar refractivity (Wildman–Crippen MR) is 118 cm³/mol. The molecule has 0 spiro atoms. The Labute approximate surface area is 185 Å². The number of benzene rings is 2. The number of amides is 1. The van der Waals surface area contributed by atoms with Crippen molar-refractivity contribution in [1.29, 1.82) is 0 Å². The van der Waals surface area contributed by atoms with E-state index in [1.54, 1.807) is 38.1 Å². The van der Waals surface area contributed by atoms with E-state index in [0.717, 1.165) is 6.07 Å². The Morgan fingerprint density at radius 2 is 1.81 bits per heavy atom. The summed E-state index contributed by atoms with van der Waals surface area (Å²) in [6, 6.07) is 9.39. The molecule has 11 heteroatoms. The molecule has 31 heavy (non-hydrogen) atoms. The fourth-order valence-corrected chi connectivity index (χ4v) is 5.33. The van der Waals surface area contributed by atoms with Crippen LogP contribution in [0.25, 0.3) is 0 Å². The largest absolute Gasteiger partial charge is 0.324 e. The minimum atomic E-state index is -3.89. The Hall–Kier alpha value is -2.53. The topological polar surface area (TPSA) is 113 Å². The molecule has 0 aromatic heterocycles. The highest BCUT2D eigenvalue weighted by molar-refractivity contribution is 7.89. The number of carbonyl (C=O) groups excluding carboxylic acids is 1. The molecule has 0 aliphatic carbocycles. The van der Waals surface area contributed by atoms with E-state index in [4.69, 9.17) is 11.6 Å². The zero-order valence-electron chi connectivity index (χ0n) is 17.2. The molecule has 1 amide bonds. The molecular formula is C20H23ClN4O5S. The number of sulfonamides is 1. The van der Waals surface area contributed by atoms with Gasteiger partial charge in [0, 0.05) is 38.3 Å². The first-order chi connectivity index (χ1) is 14.6. The van der Waals surface area contributed by atoms with Crippen LogP contribution in [0.3, 0.4) is 0 Å². The number of halogens is 1. The lowest BCUT2D eigenvalue weighted by Crippen LogP contribution is -2.50. The van der Waals surface area contributed by atoms with E-state index in [9.17, 15) is 23.3 Å². The molecule has 0 radical (unpaired) electrons. The van der Waals surface area contributed by atoms with Crippen molar-refractivity contribution in [2.45, 2.75) is 18.7 Å². The lowest BCUT2D eigenvalue weighted by Gasteiger charge is -2.33. The van der Waals surface area contributed by atoms with Gasteiger partial charge >= 0.3 is 0 Å². The number of nitro groups is 1. The molecule has 0 atom stereocenters. The van der Waals surface area contributed by atoms with Crippen molar-refractivity contribution in [1.82, 2.24) is 9.21 Å². The van der Waals surface area contributed by atoms with Crippen molar-refractivity contribution in [3.05, 3.63) is 62.7 Å². The van der Waals surface area contributed by atoms with Crippen LogP contribution in [0.2, 0.25) is 5.02 Å². The molecule has 1 aliphatic rings.